The van der Waals surface area contributed by atoms with E-state index in [0.29, 0.717) is 0 Å². The van der Waals surface area contributed by atoms with Crippen LogP contribution in [0.15, 0.2) is 48.5 Å². The van der Waals surface area contributed by atoms with Crippen LogP contribution in [0.1, 0.15) is 50.7 Å². The minimum atomic E-state index is -0.0822. The van der Waals surface area contributed by atoms with Crippen LogP contribution in [0.3, 0.4) is 0 Å². The van der Waals surface area contributed by atoms with Crippen molar-refractivity contribution in [2.24, 2.45) is 0 Å². The van der Waals surface area contributed by atoms with Crippen LogP contribution in [0.25, 0.3) is 0 Å². The van der Waals surface area contributed by atoms with Crippen molar-refractivity contribution in [3.63, 3.8) is 0 Å². The number of benzene rings is 2. The topological polar surface area (TPSA) is 33.7 Å². The molecule has 0 aromatic heterocycles. The van der Waals surface area contributed by atoms with Gasteiger partial charge < -0.3 is 19.7 Å². The van der Waals surface area contributed by atoms with Gasteiger partial charge in [-0.15, -0.1) is 0 Å². The van der Waals surface area contributed by atoms with Gasteiger partial charge in [-0.3, -0.25) is 0 Å². The van der Waals surface area contributed by atoms with Gasteiger partial charge in [0.2, 0.25) is 0 Å². The van der Waals surface area contributed by atoms with Crippen LogP contribution in [0.2, 0.25) is 0 Å². The second kappa shape index (κ2) is 9.84. The average molecular weight is 411 g/mol. The molecule has 1 N–H and O–H groups in total. The molecule has 2 aromatic rings. The van der Waals surface area contributed by atoms with Gasteiger partial charge in [0.05, 0.1) is 12.7 Å². The summed E-state index contributed by atoms with van der Waals surface area (Å²) in [6.07, 6.45) is 4.15. The Hall–Kier alpha value is -2.04. The van der Waals surface area contributed by atoms with E-state index in [9.17, 15) is 0 Å². The van der Waals surface area contributed by atoms with Crippen molar-refractivity contribution in [2.75, 3.05) is 39.3 Å². The summed E-state index contributed by atoms with van der Waals surface area (Å²) >= 11 is 0. The molecule has 0 saturated carbocycles. The Bertz CT molecular complexity index is 805. The largest absolute Gasteiger partial charge is 0.496 e. The van der Waals surface area contributed by atoms with E-state index >= 15 is 0 Å². The molecule has 0 amide bonds. The van der Waals surface area contributed by atoms with Crippen molar-refractivity contribution < 1.29 is 9.47 Å². The van der Waals surface area contributed by atoms with Gasteiger partial charge in [-0.25, -0.2) is 0 Å². The highest BCUT2D eigenvalue weighted by Gasteiger charge is 2.44. The van der Waals surface area contributed by atoms with Crippen LogP contribution in [0, 0.1) is 0 Å². The van der Waals surface area contributed by atoms with E-state index < -0.39 is 0 Å². The summed E-state index contributed by atoms with van der Waals surface area (Å²) in [6, 6.07) is 17.3. The molecule has 1 fully saturated rings. The minimum absolute atomic E-state index is 0.0669. The molecule has 1 heterocycles. The fourth-order valence-corrected chi connectivity index (χ4v) is 4.71. The fourth-order valence-electron chi connectivity index (χ4n) is 4.71. The molecule has 2 unspecified atom stereocenters. The number of rotatable bonds is 9. The molecule has 2 aromatic carbocycles. The number of hydrogen-bond donors (Lipinski definition) is 1. The second-order valence-electron chi connectivity index (χ2n) is 9.05. The Morgan fingerprint density at radius 2 is 1.83 bits per heavy atom. The molecule has 0 bridgehead atoms. The first-order valence-electron chi connectivity index (χ1n) is 11.2. The molecule has 1 aliphatic heterocycles. The van der Waals surface area contributed by atoms with Crippen LogP contribution in [0.4, 0.5) is 5.69 Å². The van der Waals surface area contributed by atoms with Crippen LogP contribution in [0.5, 0.6) is 5.75 Å². The lowest BCUT2D eigenvalue weighted by atomic mass is 9.66. The van der Waals surface area contributed by atoms with E-state index in [-0.39, 0.29) is 11.0 Å². The fraction of sp³-hybridized carbons (Fsp3) is 0.538. The number of para-hydroxylation sites is 1. The quantitative estimate of drug-likeness (QED) is 0.579. The molecule has 2 atom stereocenters. The molecule has 4 nitrogen and oxygen atoms in total. The number of nitrogens with one attached hydrogen (secondary N) is 1. The summed E-state index contributed by atoms with van der Waals surface area (Å²) in [5.41, 5.74) is 3.86. The summed E-state index contributed by atoms with van der Waals surface area (Å²) in [7, 11) is 5.92. The lowest BCUT2D eigenvalue weighted by molar-refractivity contribution is -0.0982. The maximum absolute atomic E-state index is 6.21. The third-order valence-corrected chi connectivity index (χ3v) is 6.73. The van der Waals surface area contributed by atoms with Gasteiger partial charge in [-0.1, -0.05) is 37.3 Å². The average Bonchev–Trinajstić information content (AvgIpc) is 2.77. The molecule has 3 rings (SSSR count). The van der Waals surface area contributed by atoms with E-state index in [0.717, 1.165) is 51.1 Å². The van der Waals surface area contributed by atoms with Crippen molar-refractivity contribution in [3.05, 3.63) is 59.7 Å². The predicted molar refractivity (Wildman–Crippen MR) is 126 cm³/mol. The van der Waals surface area contributed by atoms with Gasteiger partial charge in [0.15, 0.2) is 0 Å². The highest BCUT2D eigenvalue weighted by Crippen LogP contribution is 2.47. The molecular weight excluding hydrogens is 372 g/mol. The summed E-state index contributed by atoms with van der Waals surface area (Å²) in [5.74, 6) is 0.997. The Morgan fingerprint density at radius 3 is 2.50 bits per heavy atom. The van der Waals surface area contributed by atoms with Crippen LogP contribution in [-0.2, 0) is 16.7 Å². The number of hydrogen-bond acceptors (Lipinski definition) is 4. The third kappa shape index (κ3) is 5.16. The SMILES string of the molecule is CCC1(C)CC(CCNCc2ccc(N(C)C)cc2)(c2ccccc2OC)CCO1. The number of ether oxygens (including phenoxy) is 2. The molecule has 1 aliphatic rings. The Kier molecular flexibility index (Phi) is 7.43. The lowest BCUT2D eigenvalue weighted by Crippen LogP contribution is -2.46. The van der Waals surface area contributed by atoms with E-state index in [1.54, 1.807) is 7.11 Å². The third-order valence-electron chi connectivity index (χ3n) is 6.73. The second-order valence-corrected chi connectivity index (χ2v) is 9.05. The number of anilines is 1. The van der Waals surface area contributed by atoms with Crippen molar-refractivity contribution >= 4 is 5.69 Å². The highest BCUT2D eigenvalue weighted by molar-refractivity contribution is 5.46. The van der Waals surface area contributed by atoms with Crippen LogP contribution in [-0.4, -0.2) is 40.0 Å². The first kappa shape index (κ1) is 22.6. The van der Waals surface area contributed by atoms with E-state index in [4.69, 9.17) is 9.47 Å². The summed E-state index contributed by atoms with van der Waals surface area (Å²) < 4.78 is 12.0. The van der Waals surface area contributed by atoms with Gasteiger partial charge in [0.25, 0.3) is 0 Å². The molecular formula is C26H38N2O2. The first-order chi connectivity index (χ1) is 14.4. The van der Waals surface area contributed by atoms with Crippen molar-refractivity contribution in [1.82, 2.24) is 5.32 Å². The van der Waals surface area contributed by atoms with Crippen molar-refractivity contribution in [2.45, 2.75) is 57.1 Å². The standard InChI is InChI=1S/C26H38N2O2/c1-6-25(2)20-26(16-18-30-25,23-9-7-8-10-24(23)29-5)15-17-27-19-21-11-13-22(14-12-21)28(3)4/h7-14,27H,6,15-20H2,1-5H3. The molecule has 0 aliphatic carbocycles. The van der Waals surface area contributed by atoms with Gasteiger partial charge in [0.1, 0.15) is 5.75 Å². The van der Waals surface area contributed by atoms with Crippen LogP contribution < -0.4 is 15.0 Å². The van der Waals surface area contributed by atoms with Crippen molar-refractivity contribution in [1.29, 1.82) is 0 Å². The van der Waals surface area contributed by atoms with Crippen molar-refractivity contribution in [3.8, 4) is 5.75 Å². The smallest absolute Gasteiger partial charge is 0.122 e. The summed E-state index contributed by atoms with van der Waals surface area (Å²) in [5, 5.41) is 3.68. The Morgan fingerprint density at radius 1 is 1.10 bits per heavy atom. The van der Waals surface area contributed by atoms with Gasteiger partial charge >= 0.3 is 0 Å². The number of nitrogens with zero attached hydrogens (tertiary/aromatic N) is 1. The van der Waals surface area contributed by atoms with E-state index in [1.807, 2.05) is 0 Å². The molecule has 30 heavy (non-hydrogen) atoms. The first-order valence-corrected chi connectivity index (χ1v) is 11.2. The van der Waals surface area contributed by atoms with Gasteiger partial charge in [-0.05, 0) is 62.9 Å². The lowest BCUT2D eigenvalue weighted by Gasteiger charge is -2.47. The van der Waals surface area contributed by atoms with Gasteiger partial charge in [-0.2, -0.15) is 0 Å². The summed E-state index contributed by atoms with van der Waals surface area (Å²) in [4.78, 5) is 2.13. The monoisotopic (exact) mass is 410 g/mol. The molecule has 1 saturated heterocycles. The molecule has 0 radical (unpaired) electrons. The zero-order chi connectivity index (χ0) is 21.6. The molecule has 4 heteroatoms. The van der Waals surface area contributed by atoms with Crippen LogP contribution >= 0.6 is 0 Å². The maximum atomic E-state index is 6.21. The van der Waals surface area contributed by atoms with Gasteiger partial charge in [0, 0.05) is 43.9 Å². The zero-order valence-corrected chi connectivity index (χ0v) is 19.3. The summed E-state index contributed by atoms with van der Waals surface area (Å²) in [6.45, 7) is 7.14. The van der Waals surface area contributed by atoms with E-state index in [2.05, 4.69) is 86.7 Å². The van der Waals surface area contributed by atoms with E-state index in [1.165, 1.54) is 16.8 Å². The zero-order valence-electron chi connectivity index (χ0n) is 19.3. The predicted octanol–water partition coefficient (Wildman–Crippen LogP) is 5.16. The minimum Gasteiger partial charge on any atom is -0.496 e. The highest BCUT2D eigenvalue weighted by atomic mass is 16.5. The normalized spacial score (nSPS) is 23.9. The molecule has 0 spiro atoms. The Labute approximate surface area is 182 Å². The number of methoxy groups -OCH3 is 1. The maximum Gasteiger partial charge on any atom is 0.122 e. The Balaban J connectivity index is 1.72. The molecule has 164 valence electrons.